The van der Waals surface area contributed by atoms with Crippen molar-refractivity contribution in [3.05, 3.63) is 0 Å². The van der Waals surface area contributed by atoms with E-state index in [1.807, 2.05) is 0 Å². The molecule has 116 valence electrons. The summed E-state index contributed by atoms with van der Waals surface area (Å²) in [6.45, 7) is 8.79. The molecule has 1 heterocycles. The van der Waals surface area contributed by atoms with Crippen molar-refractivity contribution in [1.29, 1.82) is 0 Å². The van der Waals surface area contributed by atoms with Crippen LogP contribution in [-0.4, -0.2) is 51.3 Å². The van der Waals surface area contributed by atoms with Crippen molar-refractivity contribution in [2.75, 3.05) is 46.4 Å². The van der Waals surface area contributed by atoms with Crippen LogP contribution in [0.2, 0.25) is 0 Å². The lowest BCUT2D eigenvalue weighted by Crippen LogP contribution is -2.45. The summed E-state index contributed by atoms with van der Waals surface area (Å²) >= 11 is 0. The molecule has 0 amide bonds. The third-order valence-electron chi connectivity index (χ3n) is 5.97. The van der Waals surface area contributed by atoms with Gasteiger partial charge in [-0.25, -0.2) is 0 Å². The van der Waals surface area contributed by atoms with Gasteiger partial charge in [0.2, 0.25) is 0 Å². The van der Waals surface area contributed by atoms with Gasteiger partial charge in [-0.15, -0.1) is 0 Å². The molecule has 0 aromatic rings. The summed E-state index contributed by atoms with van der Waals surface area (Å²) < 4.78 is 5.71. The molecule has 2 bridgehead atoms. The average molecular weight is 280 g/mol. The highest BCUT2D eigenvalue weighted by atomic mass is 16.5. The van der Waals surface area contributed by atoms with Gasteiger partial charge in [0, 0.05) is 31.7 Å². The number of nitrogens with one attached hydrogen (secondary N) is 1. The summed E-state index contributed by atoms with van der Waals surface area (Å²) in [6.07, 6.45) is 7.29. The van der Waals surface area contributed by atoms with E-state index in [0.29, 0.717) is 5.41 Å². The molecule has 0 aromatic carbocycles. The smallest absolute Gasteiger partial charge is 0.0547 e. The first-order chi connectivity index (χ1) is 9.71. The van der Waals surface area contributed by atoms with Crippen LogP contribution in [0.25, 0.3) is 0 Å². The Labute approximate surface area is 124 Å². The number of rotatable bonds is 7. The predicted octanol–water partition coefficient (Wildman–Crippen LogP) is 2.37. The number of nitrogens with zero attached hydrogens (tertiary/aromatic N) is 1. The van der Waals surface area contributed by atoms with E-state index < -0.39 is 0 Å². The Kier molecular flexibility index (Phi) is 4.68. The van der Waals surface area contributed by atoms with Crippen LogP contribution in [0.3, 0.4) is 0 Å². The maximum Gasteiger partial charge on any atom is 0.0547 e. The number of ether oxygens (including phenoxy) is 1. The van der Waals surface area contributed by atoms with E-state index in [2.05, 4.69) is 24.2 Å². The Bertz CT molecular complexity index is 314. The van der Waals surface area contributed by atoms with Crippen molar-refractivity contribution < 1.29 is 4.74 Å². The Morgan fingerprint density at radius 2 is 2.20 bits per heavy atom. The van der Waals surface area contributed by atoms with Crippen molar-refractivity contribution >= 4 is 0 Å². The van der Waals surface area contributed by atoms with Crippen LogP contribution in [0.4, 0.5) is 0 Å². The largest absolute Gasteiger partial charge is 0.381 e. The lowest BCUT2D eigenvalue weighted by Gasteiger charge is -2.35. The molecule has 0 radical (unpaired) electrons. The first-order valence-electron chi connectivity index (χ1n) is 8.68. The third-order valence-corrected chi connectivity index (χ3v) is 5.97. The molecule has 3 rings (SSSR count). The lowest BCUT2D eigenvalue weighted by molar-refractivity contribution is 0.106. The minimum Gasteiger partial charge on any atom is -0.381 e. The topological polar surface area (TPSA) is 24.5 Å². The molecule has 2 saturated carbocycles. The summed E-state index contributed by atoms with van der Waals surface area (Å²) in [5.74, 6) is 3.10. The zero-order valence-corrected chi connectivity index (χ0v) is 13.4. The van der Waals surface area contributed by atoms with Crippen LogP contribution in [0.15, 0.2) is 0 Å². The van der Waals surface area contributed by atoms with E-state index in [1.165, 1.54) is 45.2 Å². The molecule has 1 saturated heterocycles. The molecular weight excluding hydrogens is 248 g/mol. The fourth-order valence-electron chi connectivity index (χ4n) is 5.00. The zero-order chi connectivity index (χ0) is 14.0. The number of fused-ring (bicyclic) bond motifs is 2. The summed E-state index contributed by atoms with van der Waals surface area (Å²) in [4.78, 5) is 2.61. The number of hydrogen-bond donors (Lipinski definition) is 1. The second-order valence-corrected chi connectivity index (χ2v) is 7.71. The summed E-state index contributed by atoms with van der Waals surface area (Å²) in [6, 6.07) is 0. The van der Waals surface area contributed by atoms with Gasteiger partial charge >= 0.3 is 0 Å². The van der Waals surface area contributed by atoms with Gasteiger partial charge in [0.15, 0.2) is 0 Å². The summed E-state index contributed by atoms with van der Waals surface area (Å²) in [5.41, 5.74) is 0.363. The molecule has 1 aliphatic heterocycles. The van der Waals surface area contributed by atoms with Gasteiger partial charge in [-0.1, -0.05) is 13.3 Å². The Balaban J connectivity index is 1.50. The molecule has 3 heteroatoms. The summed E-state index contributed by atoms with van der Waals surface area (Å²) in [5, 5.41) is 3.55. The minimum atomic E-state index is 0.363. The van der Waals surface area contributed by atoms with Gasteiger partial charge in [0.1, 0.15) is 0 Å². The fourth-order valence-corrected chi connectivity index (χ4v) is 5.00. The Morgan fingerprint density at radius 3 is 2.80 bits per heavy atom. The van der Waals surface area contributed by atoms with Gasteiger partial charge in [-0.3, -0.25) is 0 Å². The first kappa shape index (κ1) is 14.8. The molecule has 20 heavy (non-hydrogen) atoms. The standard InChI is InChI=1S/C17H32N2O/c1-3-18-11-17(6-7-20-13-17)12-19(2)10-16-9-14-4-5-15(16)8-14/h14-16,18H,3-13H2,1-2H3. The molecule has 4 atom stereocenters. The van der Waals surface area contributed by atoms with Crippen LogP contribution in [0, 0.1) is 23.2 Å². The minimum absolute atomic E-state index is 0.363. The van der Waals surface area contributed by atoms with Gasteiger partial charge in [0.05, 0.1) is 6.61 Å². The van der Waals surface area contributed by atoms with E-state index in [9.17, 15) is 0 Å². The van der Waals surface area contributed by atoms with Crippen molar-refractivity contribution in [2.24, 2.45) is 23.2 Å². The highest BCUT2D eigenvalue weighted by Gasteiger charge is 2.41. The highest BCUT2D eigenvalue weighted by molar-refractivity contribution is 4.93. The molecule has 3 aliphatic rings. The molecule has 1 N–H and O–H groups in total. The van der Waals surface area contributed by atoms with Crippen molar-refractivity contribution in [2.45, 2.75) is 39.0 Å². The van der Waals surface area contributed by atoms with E-state index in [1.54, 1.807) is 0 Å². The van der Waals surface area contributed by atoms with Crippen molar-refractivity contribution in [3.8, 4) is 0 Å². The number of hydrogen-bond acceptors (Lipinski definition) is 3. The van der Waals surface area contributed by atoms with Gasteiger partial charge in [-0.05, 0) is 57.0 Å². The molecule has 2 aliphatic carbocycles. The molecule has 0 aromatic heterocycles. The van der Waals surface area contributed by atoms with Crippen molar-refractivity contribution in [3.63, 3.8) is 0 Å². The SMILES string of the molecule is CCNCC1(CN(C)CC2CC3CCC2C3)CCOC1. The Morgan fingerprint density at radius 1 is 1.30 bits per heavy atom. The fraction of sp³-hybridized carbons (Fsp3) is 1.00. The normalized spacial score (nSPS) is 40.0. The maximum atomic E-state index is 5.71. The lowest BCUT2D eigenvalue weighted by atomic mass is 9.85. The summed E-state index contributed by atoms with van der Waals surface area (Å²) in [7, 11) is 2.33. The van der Waals surface area contributed by atoms with Gasteiger partial charge in [0.25, 0.3) is 0 Å². The predicted molar refractivity (Wildman–Crippen MR) is 82.8 cm³/mol. The van der Waals surface area contributed by atoms with Crippen LogP contribution in [-0.2, 0) is 4.74 Å². The van der Waals surface area contributed by atoms with Crippen LogP contribution in [0.5, 0.6) is 0 Å². The maximum absolute atomic E-state index is 5.71. The van der Waals surface area contributed by atoms with Gasteiger partial charge in [-0.2, -0.15) is 0 Å². The quantitative estimate of drug-likeness (QED) is 0.775. The third kappa shape index (κ3) is 3.20. The van der Waals surface area contributed by atoms with Crippen LogP contribution < -0.4 is 5.32 Å². The second-order valence-electron chi connectivity index (χ2n) is 7.71. The zero-order valence-electron chi connectivity index (χ0n) is 13.4. The van der Waals surface area contributed by atoms with E-state index in [4.69, 9.17) is 4.74 Å². The second kappa shape index (κ2) is 6.33. The molecule has 4 unspecified atom stereocenters. The van der Waals surface area contributed by atoms with E-state index in [-0.39, 0.29) is 0 Å². The van der Waals surface area contributed by atoms with E-state index >= 15 is 0 Å². The van der Waals surface area contributed by atoms with Gasteiger partial charge < -0.3 is 15.0 Å². The molecule has 3 nitrogen and oxygen atoms in total. The monoisotopic (exact) mass is 280 g/mol. The highest BCUT2D eigenvalue weighted by Crippen LogP contribution is 2.48. The molecule has 0 spiro atoms. The van der Waals surface area contributed by atoms with Crippen LogP contribution >= 0.6 is 0 Å². The molecule has 3 fully saturated rings. The first-order valence-corrected chi connectivity index (χ1v) is 8.68. The van der Waals surface area contributed by atoms with Crippen molar-refractivity contribution in [1.82, 2.24) is 10.2 Å². The van der Waals surface area contributed by atoms with E-state index in [0.717, 1.165) is 44.1 Å². The Hall–Kier alpha value is -0.120. The molecular formula is C17H32N2O. The van der Waals surface area contributed by atoms with Crippen LogP contribution in [0.1, 0.15) is 39.0 Å². The average Bonchev–Trinajstić information content (AvgIpc) is 3.13.